The summed E-state index contributed by atoms with van der Waals surface area (Å²) in [5, 5.41) is 2.84. The Morgan fingerprint density at radius 1 is 1.10 bits per heavy atom. The summed E-state index contributed by atoms with van der Waals surface area (Å²) in [4.78, 5) is 16.0. The van der Waals surface area contributed by atoms with Crippen LogP contribution >= 0.6 is 0 Å². The van der Waals surface area contributed by atoms with E-state index >= 15 is 0 Å². The molecule has 0 unspecified atom stereocenters. The monoisotopic (exact) mass is 264 g/mol. The third kappa shape index (κ3) is 2.59. The van der Waals surface area contributed by atoms with Crippen molar-refractivity contribution >= 4 is 11.6 Å². The Morgan fingerprint density at radius 2 is 2.00 bits per heavy atom. The van der Waals surface area contributed by atoms with Gasteiger partial charge in [-0.1, -0.05) is 18.2 Å². The summed E-state index contributed by atoms with van der Waals surface area (Å²) in [6.45, 7) is 0. The largest absolute Gasteiger partial charge is 0.472 e. The Kier molecular flexibility index (Phi) is 3.29. The first-order chi connectivity index (χ1) is 9.83. The van der Waals surface area contributed by atoms with Crippen LogP contribution in [0.15, 0.2) is 71.8 Å². The molecule has 2 heterocycles. The zero-order chi connectivity index (χ0) is 13.8. The first-order valence-corrected chi connectivity index (χ1v) is 6.17. The molecule has 0 spiro atoms. The first kappa shape index (κ1) is 12.2. The lowest BCUT2D eigenvalue weighted by Gasteiger charge is -2.06. The van der Waals surface area contributed by atoms with Crippen LogP contribution in [0.2, 0.25) is 0 Å². The van der Waals surface area contributed by atoms with Gasteiger partial charge in [0.1, 0.15) is 6.26 Å². The van der Waals surface area contributed by atoms with Crippen molar-refractivity contribution in [2.45, 2.75) is 0 Å². The molecule has 2 aromatic heterocycles. The minimum Gasteiger partial charge on any atom is -0.472 e. The van der Waals surface area contributed by atoms with Crippen LogP contribution in [0.3, 0.4) is 0 Å². The van der Waals surface area contributed by atoms with Crippen LogP contribution in [0.4, 0.5) is 5.69 Å². The second-order valence-corrected chi connectivity index (χ2v) is 4.29. The van der Waals surface area contributed by atoms with Crippen LogP contribution in [0, 0.1) is 0 Å². The van der Waals surface area contributed by atoms with E-state index in [2.05, 4.69) is 10.3 Å². The molecule has 1 amide bonds. The number of benzene rings is 1. The van der Waals surface area contributed by atoms with Crippen molar-refractivity contribution in [3.63, 3.8) is 0 Å². The Hall–Kier alpha value is -2.88. The van der Waals surface area contributed by atoms with Crippen molar-refractivity contribution in [1.82, 2.24) is 4.98 Å². The molecule has 0 saturated heterocycles. The molecule has 0 aliphatic heterocycles. The molecule has 3 rings (SSSR count). The molecule has 0 bridgehead atoms. The van der Waals surface area contributed by atoms with Crippen LogP contribution in [0.25, 0.3) is 11.1 Å². The molecule has 3 aromatic rings. The summed E-state index contributed by atoms with van der Waals surface area (Å²) in [5.41, 5.74) is 3.24. The summed E-state index contributed by atoms with van der Waals surface area (Å²) >= 11 is 0. The third-order valence-corrected chi connectivity index (χ3v) is 2.90. The Balaban J connectivity index is 1.83. The normalized spacial score (nSPS) is 10.2. The number of nitrogens with one attached hydrogen (secondary N) is 1. The van der Waals surface area contributed by atoms with E-state index < -0.39 is 0 Å². The SMILES string of the molecule is O=C(Nc1cccc(-c2cccnc2)c1)c1ccoc1. The second kappa shape index (κ2) is 5.40. The highest BCUT2D eigenvalue weighted by Gasteiger charge is 2.07. The van der Waals surface area contributed by atoms with Gasteiger partial charge in [0.15, 0.2) is 0 Å². The van der Waals surface area contributed by atoms with Crippen molar-refractivity contribution < 1.29 is 9.21 Å². The van der Waals surface area contributed by atoms with Gasteiger partial charge in [-0.25, -0.2) is 0 Å². The number of pyridine rings is 1. The number of furan rings is 1. The van der Waals surface area contributed by atoms with Crippen LogP contribution in [-0.2, 0) is 0 Å². The van der Waals surface area contributed by atoms with Gasteiger partial charge in [0.25, 0.3) is 5.91 Å². The van der Waals surface area contributed by atoms with Crippen molar-refractivity contribution in [2.24, 2.45) is 0 Å². The summed E-state index contributed by atoms with van der Waals surface area (Å²) in [6.07, 6.45) is 6.41. The zero-order valence-electron chi connectivity index (χ0n) is 10.6. The molecule has 0 fully saturated rings. The molecule has 0 saturated carbocycles. The molecule has 0 aliphatic carbocycles. The third-order valence-electron chi connectivity index (χ3n) is 2.90. The first-order valence-electron chi connectivity index (χ1n) is 6.17. The summed E-state index contributed by atoms with van der Waals surface area (Å²) in [5.74, 6) is -0.193. The fourth-order valence-electron chi connectivity index (χ4n) is 1.91. The van der Waals surface area contributed by atoms with E-state index in [4.69, 9.17) is 4.42 Å². The predicted molar refractivity (Wildman–Crippen MR) is 76.3 cm³/mol. The zero-order valence-corrected chi connectivity index (χ0v) is 10.6. The van der Waals surface area contributed by atoms with E-state index in [0.29, 0.717) is 5.56 Å². The molecule has 0 radical (unpaired) electrons. The van der Waals surface area contributed by atoms with Crippen molar-refractivity contribution in [1.29, 1.82) is 0 Å². The van der Waals surface area contributed by atoms with Gasteiger partial charge in [-0.15, -0.1) is 0 Å². The molecule has 20 heavy (non-hydrogen) atoms. The Bertz CT molecular complexity index is 706. The quantitative estimate of drug-likeness (QED) is 0.786. The topological polar surface area (TPSA) is 55.1 Å². The molecule has 0 aliphatic rings. The van der Waals surface area contributed by atoms with E-state index in [9.17, 15) is 4.79 Å². The van der Waals surface area contributed by atoms with Crippen LogP contribution in [0.1, 0.15) is 10.4 Å². The van der Waals surface area contributed by atoms with Gasteiger partial charge in [-0.05, 0) is 29.8 Å². The molecule has 4 nitrogen and oxygen atoms in total. The van der Waals surface area contributed by atoms with E-state index in [0.717, 1.165) is 16.8 Å². The van der Waals surface area contributed by atoms with Crippen LogP contribution in [0.5, 0.6) is 0 Å². The average molecular weight is 264 g/mol. The molecular formula is C16H12N2O2. The molecule has 4 heteroatoms. The lowest BCUT2D eigenvalue weighted by atomic mass is 10.1. The standard InChI is InChI=1S/C16H12N2O2/c19-16(14-6-8-20-11-14)18-15-5-1-3-12(9-15)13-4-2-7-17-10-13/h1-11H,(H,18,19). The van der Waals surface area contributed by atoms with Gasteiger partial charge in [0, 0.05) is 23.6 Å². The predicted octanol–water partition coefficient (Wildman–Crippen LogP) is 3.59. The number of amides is 1. The number of aromatic nitrogens is 1. The van der Waals surface area contributed by atoms with Crippen LogP contribution in [-0.4, -0.2) is 10.9 Å². The van der Waals surface area contributed by atoms with Gasteiger partial charge >= 0.3 is 0 Å². The van der Waals surface area contributed by atoms with E-state index in [1.807, 2.05) is 36.4 Å². The van der Waals surface area contributed by atoms with E-state index in [-0.39, 0.29) is 5.91 Å². The highest BCUT2D eigenvalue weighted by Crippen LogP contribution is 2.22. The van der Waals surface area contributed by atoms with E-state index in [1.165, 1.54) is 12.5 Å². The summed E-state index contributed by atoms with van der Waals surface area (Å²) in [7, 11) is 0. The van der Waals surface area contributed by atoms with E-state index in [1.54, 1.807) is 18.5 Å². The number of carbonyl (C=O) groups excluding carboxylic acids is 1. The Labute approximate surface area is 116 Å². The smallest absolute Gasteiger partial charge is 0.258 e. The highest BCUT2D eigenvalue weighted by atomic mass is 16.3. The highest BCUT2D eigenvalue weighted by molar-refractivity contribution is 6.04. The number of anilines is 1. The van der Waals surface area contributed by atoms with Gasteiger partial charge < -0.3 is 9.73 Å². The fraction of sp³-hybridized carbons (Fsp3) is 0. The van der Waals surface area contributed by atoms with Crippen molar-refractivity contribution in [2.75, 3.05) is 5.32 Å². The minimum absolute atomic E-state index is 0.193. The second-order valence-electron chi connectivity index (χ2n) is 4.29. The number of hydrogen-bond acceptors (Lipinski definition) is 3. The minimum atomic E-state index is -0.193. The number of rotatable bonds is 3. The maximum absolute atomic E-state index is 11.9. The van der Waals surface area contributed by atoms with Gasteiger partial charge in [-0.2, -0.15) is 0 Å². The molecule has 1 aromatic carbocycles. The number of hydrogen-bond donors (Lipinski definition) is 1. The Morgan fingerprint density at radius 3 is 2.75 bits per heavy atom. The van der Waals surface area contributed by atoms with Crippen molar-refractivity contribution in [3.8, 4) is 11.1 Å². The lowest BCUT2D eigenvalue weighted by Crippen LogP contribution is -2.10. The maximum Gasteiger partial charge on any atom is 0.258 e. The number of nitrogens with zero attached hydrogens (tertiary/aromatic N) is 1. The average Bonchev–Trinajstić information content (AvgIpc) is 3.03. The van der Waals surface area contributed by atoms with Gasteiger partial charge in [-0.3, -0.25) is 9.78 Å². The molecule has 98 valence electrons. The summed E-state index contributed by atoms with van der Waals surface area (Å²) < 4.78 is 4.90. The molecule has 1 N–H and O–H groups in total. The summed E-state index contributed by atoms with van der Waals surface area (Å²) in [6, 6.07) is 13.1. The molecular weight excluding hydrogens is 252 g/mol. The molecule has 0 atom stereocenters. The van der Waals surface area contributed by atoms with Crippen molar-refractivity contribution in [3.05, 3.63) is 72.9 Å². The number of carbonyl (C=O) groups is 1. The van der Waals surface area contributed by atoms with Gasteiger partial charge in [0.05, 0.1) is 11.8 Å². The maximum atomic E-state index is 11.9. The van der Waals surface area contributed by atoms with Crippen LogP contribution < -0.4 is 5.32 Å². The fourth-order valence-corrected chi connectivity index (χ4v) is 1.91. The lowest BCUT2D eigenvalue weighted by molar-refractivity contribution is 0.102. The van der Waals surface area contributed by atoms with Gasteiger partial charge in [0.2, 0.25) is 0 Å².